The van der Waals surface area contributed by atoms with Crippen molar-refractivity contribution in [1.82, 2.24) is 9.80 Å². The molecule has 0 radical (unpaired) electrons. The molecular formula is C18H28N2O2. The average molecular weight is 304 g/mol. The maximum absolute atomic E-state index is 5.80. The summed E-state index contributed by atoms with van der Waals surface area (Å²) in [7, 11) is 3.95. The van der Waals surface area contributed by atoms with E-state index < -0.39 is 0 Å². The topological polar surface area (TPSA) is 24.9 Å². The molecule has 4 heteroatoms. The zero-order chi connectivity index (χ0) is 15.7. The first-order valence-corrected chi connectivity index (χ1v) is 8.25. The SMILES string of the molecule is COCCOc1ccc(CN2CC3CC2CN3C)c(C)c1C. The van der Waals surface area contributed by atoms with E-state index in [1.807, 2.05) is 0 Å². The highest BCUT2D eigenvalue weighted by Crippen LogP contribution is 2.32. The van der Waals surface area contributed by atoms with E-state index in [1.165, 1.54) is 36.2 Å². The molecule has 2 bridgehead atoms. The predicted octanol–water partition coefficient (Wildman–Crippen LogP) is 2.22. The molecule has 0 aliphatic carbocycles. The molecule has 0 amide bonds. The van der Waals surface area contributed by atoms with Crippen LogP contribution in [0.15, 0.2) is 12.1 Å². The van der Waals surface area contributed by atoms with Crippen LogP contribution < -0.4 is 4.74 Å². The van der Waals surface area contributed by atoms with Gasteiger partial charge in [0, 0.05) is 38.8 Å². The van der Waals surface area contributed by atoms with Crippen LogP contribution in [0, 0.1) is 13.8 Å². The van der Waals surface area contributed by atoms with E-state index in [0.29, 0.717) is 13.2 Å². The molecular weight excluding hydrogens is 276 g/mol. The van der Waals surface area contributed by atoms with Crippen molar-refractivity contribution in [2.45, 2.75) is 38.9 Å². The lowest BCUT2D eigenvalue weighted by molar-refractivity contribution is 0.142. The zero-order valence-corrected chi connectivity index (χ0v) is 14.3. The van der Waals surface area contributed by atoms with Gasteiger partial charge < -0.3 is 14.4 Å². The summed E-state index contributed by atoms with van der Waals surface area (Å²) in [6, 6.07) is 5.86. The monoisotopic (exact) mass is 304 g/mol. The Morgan fingerprint density at radius 3 is 2.55 bits per heavy atom. The molecule has 2 unspecified atom stereocenters. The molecule has 0 saturated carbocycles. The van der Waals surface area contributed by atoms with Crippen LogP contribution in [0.5, 0.6) is 5.75 Å². The zero-order valence-electron chi connectivity index (χ0n) is 14.3. The summed E-state index contributed by atoms with van der Waals surface area (Å²) in [5, 5.41) is 0. The molecule has 1 aromatic carbocycles. The summed E-state index contributed by atoms with van der Waals surface area (Å²) < 4.78 is 10.8. The maximum Gasteiger partial charge on any atom is 0.122 e. The van der Waals surface area contributed by atoms with Gasteiger partial charge >= 0.3 is 0 Å². The normalized spacial score (nSPS) is 25.1. The van der Waals surface area contributed by atoms with E-state index in [-0.39, 0.29) is 0 Å². The molecule has 2 aliphatic rings. The number of methoxy groups -OCH3 is 1. The summed E-state index contributed by atoms with van der Waals surface area (Å²) in [6.07, 6.45) is 1.34. The van der Waals surface area contributed by atoms with Crippen LogP contribution in [0.25, 0.3) is 0 Å². The Labute approximate surface area is 134 Å². The van der Waals surface area contributed by atoms with Gasteiger partial charge in [0.1, 0.15) is 12.4 Å². The van der Waals surface area contributed by atoms with Crippen LogP contribution in [-0.4, -0.2) is 62.3 Å². The van der Waals surface area contributed by atoms with Crippen LogP contribution in [0.4, 0.5) is 0 Å². The van der Waals surface area contributed by atoms with Gasteiger partial charge in [0.25, 0.3) is 0 Å². The molecule has 3 rings (SSSR count). The Morgan fingerprint density at radius 1 is 1.09 bits per heavy atom. The number of hydrogen-bond acceptors (Lipinski definition) is 4. The second-order valence-corrected chi connectivity index (χ2v) is 6.73. The van der Waals surface area contributed by atoms with E-state index >= 15 is 0 Å². The molecule has 0 aromatic heterocycles. The third-order valence-electron chi connectivity index (χ3n) is 5.40. The van der Waals surface area contributed by atoms with Gasteiger partial charge in [-0.2, -0.15) is 0 Å². The van der Waals surface area contributed by atoms with Gasteiger partial charge in [-0.25, -0.2) is 0 Å². The van der Waals surface area contributed by atoms with E-state index in [2.05, 4.69) is 42.8 Å². The van der Waals surface area contributed by atoms with Crippen molar-refractivity contribution in [3.63, 3.8) is 0 Å². The smallest absolute Gasteiger partial charge is 0.122 e. The molecule has 2 heterocycles. The maximum atomic E-state index is 5.80. The number of piperazine rings is 1. The molecule has 22 heavy (non-hydrogen) atoms. The summed E-state index contributed by atoms with van der Waals surface area (Å²) in [6.45, 7) is 9.12. The van der Waals surface area contributed by atoms with Crippen LogP contribution in [0.2, 0.25) is 0 Å². The predicted molar refractivity (Wildman–Crippen MR) is 88.5 cm³/mol. The highest BCUT2D eigenvalue weighted by Gasteiger charge is 2.41. The highest BCUT2D eigenvalue weighted by molar-refractivity contribution is 5.43. The number of nitrogens with zero attached hydrogens (tertiary/aromatic N) is 2. The minimum absolute atomic E-state index is 0.609. The van der Waals surface area contributed by atoms with Gasteiger partial charge in [-0.15, -0.1) is 0 Å². The lowest BCUT2D eigenvalue weighted by Gasteiger charge is -2.32. The number of likely N-dealkylation sites (tertiary alicyclic amines) is 2. The van der Waals surface area contributed by atoms with Gasteiger partial charge in [-0.3, -0.25) is 4.90 Å². The second kappa shape index (κ2) is 6.57. The van der Waals surface area contributed by atoms with Crippen molar-refractivity contribution >= 4 is 0 Å². The summed E-state index contributed by atoms with van der Waals surface area (Å²) in [4.78, 5) is 5.16. The molecule has 1 aromatic rings. The van der Waals surface area contributed by atoms with Crippen molar-refractivity contribution in [3.05, 3.63) is 28.8 Å². The molecule has 122 valence electrons. The van der Waals surface area contributed by atoms with Crippen LogP contribution in [-0.2, 0) is 11.3 Å². The average Bonchev–Trinajstić information content (AvgIpc) is 3.05. The first-order chi connectivity index (χ1) is 10.6. The Kier molecular flexibility index (Phi) is 4.71. The number of ether oxygens (including phenoxy) is 2. The van der Waals surface area contributed by atoms with Crippen molar-refractivity contribution in [2.24, 2.45) is 0 Å². The largest absolute Gasteiger partial charge is 0.491 e. The molecule has 2 fully saturated rings. The van der Waals surface area contributed by atoms with Gasteiger partial charge in [0.15, 0.2) is 0 Å². The molecule has 2 aliphatic heterocycles. The third kappa shape index (κ3) is 3.00. The lowest BCUT2D eigenvalue weighted by atomic mass is 10.0. The third-order valence-corrected chi connectivity index (χ3v) is 5.40. The van der Waals surface area contributed by atoms with Crippen LogP contribution in [0.1, 0.15) is 23.1 Å². The molecule has 2 saturated heterocycles. The molecule has 2 atom stereocenters. The first kappa shape index (κ1) is 15.8. The van der Waals surface area contributed by atoms with E-state index in [4.69, 9.17) is 9.47 Å². The van der Waals surface area contributed by atoms with E-state index in [9.17, 15) is 0 Å². The van der Waals surface area contributed by atoms with Gasteiger partial charge in [0.05, 0.1) is 6.61 Å². The quantitative estimate of drug-likeness (QED) is 0.752. The Hall–Kier alpha value is -1.10. The van der Waals surface area contributed by atoms with Crippen molar-refractivity contribution in [3.8, 4) is 5.75 Å². The molecule has 0 N–H and O–H groups in total. The second-order valence-electron chi connectivity index (χ2n) is 6.73. The van der Waals surface area contributed by atoms with Gasteiger partial charge in [-0.05, 0) is 50.1 Å². The lowest BCUT2D eigenvalue weighted by Crippen LogP contribution is -2.44. The van der Waals surface area contributed by atoms with Crippen molar-refractivity contribution in [1.29, 1.82) is 0 Å². The summed E-state index contributed by atoms with van der Waals surface area (Å²) in [5.41, 5.74) is 4.06. The van der Waals surface area contributed by atoms with Crippen molar-refractivity contribution in [2.75, 3.05) is 40.5 Å². The Morgan fingerprint density at radius 2 is 1.91 bits per heavy atom. The first-order valence-electron chi connectivity index (χ1n) is 8.25. The van der Waals surface area contributed by atoms with Crippen molar-refractivity contribution < 1.29 is 9.47 Å². The fourth-order valence-corrected chi connectivity index (χ4v) is 3.78. The van der Waals surface area contributed by atoms with Crippen LogP contribution in [0.3, 0.4) is 0 Å². The minimum atomic E-state index is 0.609. The number of hydrogen-bond donors (Lipinski definition) is 0. The Bertz CT molecular complexity index is 530. The van der Waals surface area contributed by atoms with Gasteiger partial charge in [-0.1, -0.05) is 6.07 Å². The standard InChI is InChI=1S/C18H28N2O2/c1-13-14(2)18(22-8-7-21-4)6-5-15(13)10-20-12-16-9-17(20)11-19(16)3/h5-6,16-17H,7-12H2,1-4H3. The van der Waals surface area contributed by atoms with E-state index in [1.54, 1.807) is 7.11 Å². The van der Waals surface area contributed by atoms with E-state index in [0.717, 1.165) is 24.4 Å². The van der Waals surface area contributed by atoms with Gasteiger partial charge in [0.2, 0.25) is 0 Å². The fraction of sp³-hybridized carbons (Fsp3) is 0.667. The number of benzene rings is 1. The number of likely N-dealkylation sites (N-methyl/N-ethyl adjacent to an activating group) is 1. The molecule has 4 nitrogen and oxygen atoms in total. The number of fused-ring (bicyclic) bond motifs is 2. The highest BCUT2D eigenvalue weighted by atomic mass is 16.5. The Balaban J connectivity index is 1.66. The summed E-state index contributed by atoms with van der Waals surface area (Å²) >= 11 is 0. The number of rotatable bonds is 6. The fourth-order valence-electron chi connectivity index (χ4n) is 3.78. The van der Waals surface area contributed by atoms with Crippen LogP contribution >= 0.6 is 0 Å². The molecule has 0 spiro atoms. The summed E-state index contributed by atoms with van der Waals surface area (Å²) in [5.74, 6) is 0.987. The minimum Gasteiger partial charge on any atom is -0.491 e.